The number of aromatic nitrogens is 4. The van der Waals surface area contributed by atoms with Gasteiger partial charge in [-0.15, -0.1) is 0 Å². The second-order valence-electron chi connectivity index (χ2n) is 5.71. The van der Waals surface area contributed by atoms with Crippen molar-refractivity contribution in [3.63, 3.8) is 0 Å². The number of nitrogens with one attached hydrogen (secondary N) is 1. The largest absolute Gasteiger partial charge is 0.338 e. The lowest BCUT2D eigenvalue weighted by Crippen LogP contribution is -1.98. The normalized spacial score (nSPS) is 10.7. The Hall–Kier alpha value is -4.41. The van der Waals surface area contributed by atoms with Gasteiger partial charge in [0, 0.05) is 35.6 Å². The van der Waals surface area contributed by atoms with Gasteiger partial charge in [0.15, 0.2) is 17.0 Å². The van der Waals surface area contributed by atoms with Crippen LogP contribution in [0.25, 0.3) is 16.9 Å². The van der Waals surface area contributed by atoms with Crippen molar-refractivity contribution in [3.8, 4) is 5.69 Å². The van der Waals surface area contributed by atoms with Crippen molar-refractivity contribution in [2.24, 2.45) is 0 Å². The summed E-state index contributed by atoms with van der Waals surface area (Å²) in [5.41, 5.74) is 2.24. The van der Waals surface area contributed by atoms with Gasteiger partial charge in [0.1, 0.15) is 12.7 Å². The molecule has 1 N–H and O–H groups in total. The van der Waals surface area contributed by atoms with Crippen LogP contribution in [0.15, 0.2) is 61.2 Å². The molecule has 0 fully saturated rings. The lowest BCUT2D eigenvalue weighted by molar-refractivity contribution is -0.385. The van der Waals surface area contributed by atoms with E-state index in [4.69, 9.17) is 0 Å². The van der Waals surface area contributed by atoms with Gasteiger partial charge in [0.2, 0.25) is 0 Å². The number of nitro groups is 2. The predicted octanol–water partition coefficient (Wildman–Crippen LogP) is 3.38. The van der Waals surface area contributed by atoms with Crippen LogP contribution < -0.4 is 5.32 Å². The fourth-order valence-corrected chi connectivity index (χ4v) is 2.65. The third kappa shape index (κ3) is 3.07. The second kappa shape index (κ2) is 6.72. The van der Waals surface area contributed by atoms with Crippen LogP contribution in [-0.4, -0.2) is 29.4 Å². The Balaban J connectivity index is 1.68. The summed E-state index contributed by atoms with van der Waals surface area (Å²) in [7, 11) is 0. The topological polar surface area (TPSA) is 142 Å². The van der Waals surface area contributed by atoms with Gasteiger partial charge in [-0.25, -0.2) is 15.0 Å². The Labute approximate surface area is 156 Å². The highest BCUT2D eigenvalue weighted by Gasteiger charge is 2.13. The molecule has 0 amide bonds. The molecule has 0 aliphatic heterocycles. The van der Waals surface area contributed by atoms with Crippen molar-refractivity contribution < 1.29 is 9.85 Å². The zero-order valence-electron chi connectivity index (χ0n) is 14.1. The van der Waals surface area contributed by atoms with E-state index < -0.39 is 9.85 Å². The van der Waals surface area contributed by atoms with Crippen LogP contribution in [0.3, 0.4) is 0 Å². The van der Waals surface area contributed by atoms with Gasteiger partial charge in [-0.1, -0.05) is 0 Å². The molecule has 4 aromatic rings. The van der Waals surface area contributed by atoms with E-state index in [-0.39, 0.29) is 11.4 Å². The molecule has 0 atom stereocenters. The number of imidazole rings is 1. The highest BCUT2D eigenvalue weighted by molar-refractivity contribution is 5.86. The van der Waals surface area contributed by atoms with Crippen molar-refractivity contribution in [2.75, 3.05) is 5.32 Å². The summed E-state index contributed by atoms with van der Waals surface area (Å²) in [5, 5.41) is 24.6. The minimum absolute atomic E-state index is 0.0108. The van der Waals surface area contributed by atoms with E-state index >= 15 is 0 Å². The highest BCUT2D eigenvalue weighted by atomic mass is 16.6. The van der Waals surface area contributed by atoms with Crippen molar-refractivity contribution in [1.29, 1.82) is 0 Å². The summed E-state index contributed by atoms with van der Waals surface area (Å²) >= 11 is 0. The molecule has 0 saturated carbocycles. The van der Waals surface area contributed by atoms with Crippen LogP contribution in [-0.2, 0) is 0 Å². The average molecular weight is 377 g/mol. The smallest absolute Gasteiger partial charge is 0.269 e. The predicted molar refractivity (Wildman–Crippen MR) is 99.7 cm³/mol. The summed E-state index contributed by atoms with van der Waals surface area (Å²) in [6.07, 6.45) is 2.90. The van der Waals surface area contributed by atoms with Gasteiger partial charge in [-0.05, 0) is 24.3 Å². The number of rotatable bonds is 5. The SMILES string of the molecule is O=[N+]([O-])c1ccc(Nc2ncnc3c2ncn3-c2ccc([N+](=O)[O-])cc2)cc1. The molecule has 2 aromatic carbocycles. The fourth-order valence-electron chi connectivity index (χ4n) is 2.65. The van der Waals surface area contributed by atoms with Crippen molar-refractivity contribution in [1.82, 2.24) is 19.5 Å². The van der Waals surface area contributed by atoms with Gasteiger partial charge in [-0.3, -0.25) is 24.8 Å². The number of hydrogen-bond donors (Lipinski definition) is 1. The molecule has 0 radical (unpaired) electrons. The van der Waals surface area contributed by atoms with E-state index in [0.717, 1.165) is 0 Å². The second-order valence-corrected chi connectivity index (χ2v) is 5.71. The zero-order valence-corrected chi connectivity index (χ0v) is 14.1. The minimum Gasteiger partial charge on any atom is -0.338 e. The van der Waals surface area contributed by atoms with E-state index in [1.165, 1.54) is 30.6 Å². The Morgan fingerprint density at radius 3 is 2.04 bits per heavy atom. The molecule has 2 heterocycles. The van der Waals surface area contributed by atoms with Crippen LogP contribution in [0, 0.1) is 20.2 Å². The quantitative estimate of drug-likeness (QED) is 0.412. The fraction of sp³-hybridized carbons (Fsp3) is 0. The molecule has 0 saturated heterocycles. The van der Waals surface area contributed by atoms with Crippen LogP contribution in [0.5, 0.6) is 0 Å². The first-order chi connectivity index (χ1) is 13.5. The zero-order chi connectivity index (χ0) is 19.7. The van der Waals surface area contributed by atoms with Crippen molar-refractivity contribution >= 4 is 34.0 Å². The van der Waals surface area contributed by atoms with E-state index in [1.54, 1.807) is 35.2 Å². The summed E-state index contributed by atoms with van der Waals surface area (Å²) in [6.45, 7) is 0. The maximum atomic E-state index is 10.8. The first kappa shape index (κ1) is 17.0. The Morgan fingerprint density at radius 1 is 0.821 bits per heavy atom. The lowest BCUT2D eigenvalue weighted by atomic mass is 10.3. The van der Waals surface area contributed by atoms with E-state index in [2.05, 4.69) is 20.3 Å². The summed E-state index contributed by atoms with van der Waals surface area (Å²) < 4.78 is 1.68. The number of nitro benzene ring substituents is 2. The molecule has 0 bridgehead atoms. The standard InChI is InChI=1S/C17H11N7O4/c25-23(26)13-3-1-11(2-4-13)21-16-15-17(19-9-18-16)22(10-20-15)12-5-7-14(8-6-12)24(27)28/h1-10H,(H,18,19,21). The average Bonchev–Trinajstić information content (AvgIpc) is 3.13. The van der Waals surface area contributed by atoms with Gasteiger partial charge < -0.3 is 5.32 Å². The van der Waals surface area contributed by atoms with Gasteiger partial charge in [-0.2, -0.15) is 0 Å². The third-order valence-electron chi connectivity index (χ3n) is 4.01. The molecule has 138 valence electrons. The molecule has 11 nitrogen and oxygen atoms in total. The highest BCUT2D eigenvalue weighted by Crippen LogP contribution is 2.25. The van der Waals surface area contributed by atoms with Crippen LogP contribution in [0.1, 0.15) is 0 Å². The van der Waals surface area contributed by atoms with Crippen LogP contribution in [0.4, 0.5) is 22.9 Å². The van der Waals surface area contributed by atoms with Crippen molar-refractivity contribution in [3.05, 3.63) is 81.4 Å². The maximum absolute atomic E-state index is 10.8. The van der Waals surface area contributed by atoms with Crippen LogP contribution in [0.2, 0.25) is 0 Å². The first-order valence-corrected chi connectivity index (χ1v) is 7.97. The molecule has 0 aliphatic carbocycles. The molecule has 0 spiro atoms. The monoisotopic (exact) mass is 377 g/mol. The first-order valence-electron chi connectivity index (χ1n) is 7.97. The summed E-state index contributed by atoms with van der Waals surface area (Å²) in [5.74, 6) is 0.430. The third-order valence-corrected chi connectivity index (χ3v) is 4.01. The Kier molecular flexibility index (Phi) is 4.09. The number of fused-ring (bicyclic) bond motifs is 1. The Morgan fingerprint density at radius 2 is 1.43 bits per heavy atom. The van der Waals surface area contributed by atoms with E-state index in [1.807, 2.05) is 0 Å². The molecule has 4 rings (SSSR count). The minimum atomic E-state index is -0.474. The summed E-state index contributed by atoms with van der Waals surface area (Å²) in [4.78, 5) is 33.4. The molecular weight excluding hydrogens is 366 g/mol. The van der Waals surface area contributed by atoms with Gasteiger partial charge in [0.25, 0.3) is 11.4 Å². The number of hydrogen-bond acceptors (Lipinski definition) is 8. The molecule has 0 unspecified atom stereocenters. The molecule has 0 aliphatic rings. The van der Waals surface area contributed by atoms with Crippen molar-refractivity contribution in [2.45, 2.75) is 0 Å². The van der Waals surface area contributed by atoms with Gasteiger partial charge >= 0.3 is 0 Å². The number of nitrogens with zero attached hydrogens (tertiary/aromatic N) is 6. The molecular formula is C17H11N7O4. The molecule has 28 heavy (non-hydrogen) atoms. The lowest BCUT2D eigenvalue weighted by Gasteiger charge is -2.06. The van der Waals surface area contributed by atoms with Gasteiger partial charge in [0.05, 0.1) is 9.85 Å². The van der Waals surface area contributed by atoms with E-state index in [9.17, 15) is 20.2 Å². The van der Waals surface area contributed by atoms with E-state index in [0.29, 0.717) is 28.4 Å². The Bertz CT molecular complexity index is 1190. The number of benzene rings is 2. The number of anilines is 2. The molecule has 11 heteroatoms. The maximum Gasteiger partial charge on any atom is 0.269 e. The summed E-state index contributed by atoms with van der Waals surface area (Å²) in [6, 6.07) is 11.9. The molecule has 2 aromatic heterocycles. The van der Waals surface area contributed by atoms with Crippen LogP contribution >= 0.6 is 0 Å². The number of non-ortho nitro benzene ring substituents is 2.